The number of rotatable bonds is 8. The van der Waals surface area contributed by atoms with E-state index in [0.29, 0.717) is 6.42 Å². The summed E-state index contributed by atoms with van der Waals surface area (Å²) in [7, 11) is 1.73. The minimum absolute atomic E-state index is 0.425. The molecule has 0 saturated carbocycles. The van der Waals surface area contributed by atoms with Crippen LogP contribution in [0.1, 0.15) is 29.0 Å². The van der Waals surface area contributed by atoms with Crippen LogP contribution in [0.3, 0.4) is 0 Å². The molecule has 0 spiro atoms. The van der Waals surface area contributed by atoms with Crippen molar-refractivity contribution in [2.45, 2.75) is 25.2 Å². The van der Waals surface area contributed by atoms with E-state index < -0.39 is 11.9 Å². The van der Waals surface area contributed by atoms with Crippen LogP contribution in [0.5, 0.6) is 0 Å². The van der Waals surface area contributed by atoms with Crippen molar-refractivity contribution in [3.63, 3.8) is 0 Å². The van der Waals surface area contributed by atoms with Gasteiger partial charge in [-0.3, -0.25) is 4.79 Å². The second kappa shape index (κ2) is 12.5. The lowest BCUT2D eigenvalue weighted by molar-refractivity contribution is -0.138. The van der Waals surface area contributed by atoms with Crippen molar-refractivity contribution in [2.24, 2.45) is 0 Å². The fraction of sp³-hybridized carbons (Fsp3) is 0.240. The van der Waals surface area contributed by atoms with Crippen LogP contribution >= 0.6 is 0 Å². The zero-order valence-corrected chi connectivity index (χ0v) is 16.3. The van der Waals surface area contributed by atoms with Crippen LogP contribution in [-0.2, 0) is 22.4 Å². The van der Waals surface area contributed by atoms with Gasteiger partial charge in [-0.2, -0.15) is 0 Å². The third-order valence-electron chi connectivity index (χ3n) is 4.50. The molecule has 3 heteroatoms. The first kappa shape index (κ1) is 21.4. The quantitative estimate of drug-likeness (QED) is 0.575. The van der Waals surface area contributed by atoms with Crippen LogP contribution in [-0.4, -0.2) is 24.8 Å². The van der Waals surface area contributed by atoms with Crippen molar-refractivity contribution in [3.8, 4) is 0 Å². The maximum Gasteiger partial charge on any atom is 0.310 e. The van der Waals surface area contributed by atoms with Gasteiger partial charge < -0.3 is 9.84 Å². The van der Waals surface area contributed by atoms with Gasteiger partial charge in [-0.15, -0.1) is 0 Å². The molecule has 0 heterocycles. The minimum atomic E-state index is -0.753. The first-order valence-electron chi connectivity index (χ1n) is 9.55. The van der Waals surface area contributed by atoms with Gasteiger partial charge in [0.2, 0.25) is 0 Å². The van der Waals surface area contributed by atoms with Gasteiger partial charge in [0.05, 0.1) is 12.5 Å². The van der Waals surface area contributed by atoms with E-state index in [9.17, 15) is 9.90 Å². The lowest BCUT2D eigenvalue weighted by Gasteiger charge is -2.12. The Labute approximate surface area is 167 Å². The van der Waals surface area contributed by atoms with Crippen molar-refractivity contribution < 1.29 is 14.6 Å². The molecule has 3 nitrogen and oxygen atoms in total. The van der Waals surface area contributed by atoms with Gasteiger partial charge in [0.15, 0.2) is 0 Å². The Morgan fingerprint density at radius 1 is 0.786 bits per heavy atom. The van der Waals surface area contributed by atoms with Crippen LogP contribution < -0.4 is 0 Å². The number of hydrogen-bond donors (Lipinski definition) is 1. The third-order valence-corrected chi connectivity index (χ3v) is 4.50. The van der Waals surface area contributed by atoms with Crippen LogP contribution in [0.4, 0.5) is 0 Å². The van der Waals surface area contributed by atoms with Crippen LogP contribution in [0, 0.1) is 0 Å². The van der Waals surface area contributed by atoms with Gasteiger partial charge in [0.25, 0.3) is 0 Å². The minimum Gasteiger partial charge on any atom is -0.481 e. The molecule has 28 heavy (non-hydrogen) atoms. The molecule has 0 bridgehead atoms. The number of aliphatic carboxylic acids is 1. The summed E-state index contributed by atoms with van der Waals surface area (Å²) >= 11 is 0. The molecular formula is C25H28O3. The first-order valence-corrected chi connectivity index (χ1v) is 9.55. The zero-order valence-electron chi connectivity index (χ0n) is 16.3. The second-order valence-corrected chi connectivity index (χ2v) is 6.55. The summed E-state index contributed by atoms with van der Waals surface area (Å²) < 4.78 is 4.95. The number of carboxylic acids is 1. The second-order valence-electron chi connectivity index (χ2n) is 6.55. The third kappa shape index (κ3) is 7.77. The number of ether oxygens (including phenoxy) is 1. The zero-order chi connectivity index (χ0) is 20.0. The Balaban J connectivity index is 0.000000237. The van der Waals surface area contributed by atoms with Crippen LogP contribution in [0.25, 0.3) is 0 Å². The Bertz CT molecular complexity index is 786. The van der Waals surface area contributed by atoms with Crippen molar-refractivity contribution >= 4 is 5.97 Å². The fourth-order valence-corrected chi connectivity index (χ4v) is 2.94. The molecule has 0 aromatic heterocycles. The lowest BCUT2D eigenvalue weighted by atomic mass is 9.92. The molecule has 0 saturated heterocycles. The van der Waals surface area contributed by atoms with Crippen molar-refractivity contribution in [3.05, 3.63) is 108 Å². The highest BCUT2D eigenvalue weighted by atomic mass is 16.5. The molecule has 0 amide bonds. The number of carbonyl (C=O) groups is 1. The Morgan fingerprint density at radius 3 is 1.71 bits per heavy atom. The maximum absolute atomic E-state index is 11.3. The molecule has 0 fully saturated rings. The molecule has 0 radical (unpaired) electrons. The number of benzene rings is 3. The molecular weight excluding hydrogens is 348 g/mol. The predicted octanol–water partition coefficient (Wildman–Crippen LogP) is 5.36. The summed E-state index contributed by atoms with van der Waals surface area (Å²) in [6.07, 6.45) is 2.42. The molecule has 0 aliphatic rings. The molecule has 146 valence electrons. The highest BCUT2D eigenvalue weighted by Gasteiger charge is 2.18. The fourth-order valence-electron chi connectivity index (χ4n) is 2.94. The van der Waals surface area contributed by atoms with Gasteiger partial charge >= 0.3 is 5.97 Å². The van der Waals surface area contributed by atoms with E-state index in [2.05, 4.69) is 12.1 Å². The van der Waals surface area contributed by atoms with Crippen molar-refractivity contribution in [2.75, 3.05) is 13.7 Å². The largest absolute Gasteiger partial charge is 0.481 e. The molecule has 3 rings (SSSR count). The summed E-state index contributed by atoms with van der Waals surface area (Å²) in [5.74, 6) is -1.18. The normalized spacial score (nSPS) is 11.2. The molecule has 3 aromatic rings. The molecule has 3 aromatic carbocycles. The summed E-state index contributed by atoms with van der Waals surface area (Å²) in [4.78, 5) is 11.3. The highest BCUT2D eigenvalue weighted by molar-refractivity contribution is 5.76. The van der Waals surface area contributed by atoms with Gasteiger partial charge in [-0.1, -0.05) is 91.0 Å². The topological polar surface area (TPSA) is 46.5 Å². The van der Waals surface area contributed by atoms with Crippen LogP contribution in [0.15, 0.2) is 91.0 Å². The number of aryl methyl sites for hydroxylation is 1. The molecule has 0 aliphatic heterocycles. The van der Waals surface area contributed by atoms with Crippen molar-refractivity contribution in [1.82, 2.24) is 0 Å². The SMILES string of the molecule is COCCc1ccccc1.O=C(O)C(CCc1ccccc1)c1ccccc1. The summed E-state index contributed by atoms with van der Waals surface area (Å²) in [6.45, 7) is 0.810. The lowest BCUT2D eigenvalue weighted by Crippen LogP contribution is -2.12. The average Bonchev–Trinajstić information content (AvgIpc) is 2.75. The van der Waals surface area contributed by atoms with E-state index in [4.69, 9.17) is 4.74 Å². The molecule has 1 atom stereocenters. The molecule has 1 N–H and O–H groups in total. The Hall–Kier alpha value is -2.91. The van der Waals surface area contributed by atoms with E-state index in [1.807, 2.05) is 78.9 Å². The van der Waals surface area contributed by atoms with E-state index in [-0.39, 0.29) is 0 Å². The standard InChI is InChI=1S/C16H16O2.C9H12O/c17-16(18)15(14-9-5-2-6-10-14)12-11-13-7-3-1-4-8-13;1-10-8-7-9-5-3-2-4-6-9/h1-10,15H,11-12H2,(H,17,18);2-6H,7-8H2,1H3. The Morgan fingerprint density at radius 2 is 1.25 bits per heavy atom. The number of carboxylic acid groups (broad SMARTS) is 1. The monoisotopic (exact) mass is 376 g/mol. The van der Waals surface area contributed by atoms with E-state index in [1.165, 1.54) is 11.1 Å². The summed E-state index contributed by atoms with van der Waals surface area (Å²) in [5.41, 5.74) is 3.39. The van der Waals surface area contributed by atoms with E-state index >= 15 is 0 Å². The van der Waals surface area contributed by atoms with Gasteiger partial charge in [0.1, 0.15) is 0 Å². The maximum atomic E-state index is 11.3. The number of methoxy groups -OCH3 is 1. The number of hydrogen-bond acceptors (Lipinski definition) is 2. The van der Waals surface area contributed by atoms with E-state index in [1.54, 1.807) is 7.11 Å². The summed E-state index contributed by atoms with van der Waals surface area (Å²) in [6, 6.07) is 29.8. The smallest absolute Gasteiger partial charge is 0.310 e. The van der Waals surface area contributed by atoms with Crippen molar-refractivity contribution in [1.29, 1.82) is 0 Å². The first-order chi connectivity index (χ1) is 13.7. The van der Waals surface area contributed by atoms with Gasteiger partial charge in [-0.25, -0.2) is 0 Å². The van der Waals surface area contributed by atoms with E-state index in [0.717, 1.165) is 25.0 Å². The highest BCUT2D eigenvalue weighted by Crippen LogP contribution is 2.22. The average molecular weight is 376 g/mol. The Kier molecular flexibility index (Phi) is 9.53. The summed E-state index contributed by atoms with van der Waals surface area (Å²) in [5, 5.41) is 9.30. The predicted molar refractivity (Wildman–Crippen MR) is 114 cm³/mol. The van der Waals surface area contributed by atoms with Gasteiger partial charge in [0, 0.05) is 7.11 Å². The molecule has 1 unspecified atom stereocenters. The van der Waals surface area contributed by atoms with Crippen LogP contribution in [0.2, 0.25) is 0 Å². The van der Waals surface area contributed by atoms with Gasteiger partial charge in [-0.05, 0) is 36.0 Å². The molecule has 0 aliphatic carbocycles.